The van der Waals surface area contributed by atoms with Gasteiger partial charge >= 0.3 is 0 Å². The topological polar surface area (TPSA) is 112 Å². The molecule has 0 aliphatic carbocycles. The summed E-state index contributed by atoms with van der Waals surface area (Å²) in [5.41, 5.74) is 2.06. The van der Waals surface area contributed by atoms with Crippen molar-refractivity contribution in [2.75, 3.05) is 23.7 Å². The number of aryl methyl sites for hydroxylation is 1. The molecule has 9 nitrogen and oxygen atoms in total. The molecule has 3 N–H and O–H groups in total. The first-order valence-corrected chi connectivity index (χ1v) is 10.8. The van der Waals surface area contributed by atoms with Crippen LogP contribution in [0.1, 0.15) is 34.6 Å². The lowest BCUT2D eigenvalue weighted by atomic mass is 10.1. The molecule has 0 aliphatic rings. The van der Waals surface area contributed by atoms with E-state index in [0.29, 0.717) is 40.2 Å². The van der Waals surface area contributed by atoms with Gasteiger partial charge in [-0.3, -0.25) is 14.3 Å². The molecule has 2 heterocycles. The highest BCUT2D eigenvalue weighted by Crippen LogP contribution is 2.29. The molecule has 0 radical (unpaired) electrons. The van der Waals surface area contributed by atoms with Crippen LogP contribution >= 0.6 is 11.3 Å². The van der Waals surface area contributed by atoms with E-state index in [1.54, 1.807) is 40.9 Å². The van der Waals surface area contributed by atoms with Crippen molar-refractivity contribution in [3.05, 3.63) is 46.6 Å². The Morgan fingerprint density at radius 1 is 1.19 bits per heavy atom. The van der Waals surface area contributed by atoms with Crippen LogP contribution in [-0.2, 0) is 11.3 Å². The summed E-state index contributed by atoms with van der Waals surface area (Å²) in [5.74, 6) is 0.360. The number of carbonyl (C=O) groups excluding carboxylic acids is 2. The summed E-state index contributed by atoms with van der Waals surface area (Å²) < 4.78 is 1.57. The molecule has 0 unspecified atom stereocenters. The number of aromatic hydroxyl groups is 1. The van der Waals surface area contributed by atoms with Crippen molar-refractivity contribution in [3.63, 3.8) is 0 Å². The number of thiazole rings is 1. The number of nitrogens with one attached hydrogen (secondary N) is 2. The number of anilines is 3. The summed E-state index contributed by atoms with van der Waals surface area (Å²) in [6.07, 6.45) is 3.20. The van der Waals surface area contributed by atoms with Crippen molar-refractivity contribution in [3.8, 4) is 5.75 Å². The minimum absolute atomic E-state index is 0.00499. The van der Waals surface area contributed by atoms with Gasteiger partial charge in [0.15, 0.2) is 10.9 Å². The monoisotopic (exact) mass is 442 g/mol. The van der Waals surface area contributed by atoms with E-state index in [4.69, 9.17) is 0 Å². The molecule has 0 aliphatic heterocycles. The summed E-state index contributed by atoms with van der Waals surface area (Å²) in [4.78, 5) is 31.2. The molecule has 3 rings (SSSR count). The standard InChI is InChI=1S/C21H26N6O3S/c1-5-26(6-2)18(29)12-27-10-9-17(25-27)23-21-22-11-16(31-21)20(30)24-19-13(3)7-8-15(28)14(19)4/h7-11,28H,5-6,12H2,1-4H3,(H,24,30)(H,22,23,25). The van der Waals surface area contributed by atoms with Crippen molar-refractivity contribution in [2.24, 2.45) is 0 Å². The van der Waals surface area contributed by atoms with Crippen LogP contribution in [0.5, 0.6) is 5.75 Å². The zero-order valence-electron chi connectivity index (χ0n) is 18.0. The second kappa shape index (κ2) is 9.61. The van der Waals surface area contributed by atoms with E-state index < -0.39 is 0 Å². The maximum absolute atomic E-state index is 12.6. The molecular weight excluding hydrogens is 416 g/mol. The fourth-order valence-electron chi connectivity index (χ4n) is 3.08. The smallest absolute Gasteiger partial charge is 0.267 e. The highest BCUT2D eigenvalue weighted by Gasteiger charge is 2.16. The SMILES string of the molecule is CCN(CC)C(=O)Cn1ccc(Nc2ncc(C(=O)Nc3c(C)ccc(O)c3C)s2)n1. The zero-order valence-corrected chi connectivity index (χ0v) is 18.8. The average molecular weight is 443 g/mol. The summed E-state index contributed by atoms with van der Waals surface area (Å²) in [7, 11) is 0. The molecule has 2 amide bonds. The van der Waals surface area contributed by atoms with Gasteiger partial charge in [-0.1, -0.05) is 17.4 Å². The van der Waals surface area contributed by atoms with Crippen LogP contribution in [0, 0.1) is 13.8 Å². The third-order valence-corrected chi connectivity index (χ3v) is 5.81. The van der Waals surface area contributed by atoms with Gasteiger partial charge in [-0.05, 0) is 39.3 Å². The quantitative estimate of drug-likeness (QED) is 0.492. The van der Waals surface area contributed by atoms with Crippen molar-refractivity contribution < 1.29 is 14.7 Å². The summed E-state index contributed by atoms with van der Waals surface area (Å²) in [6.45, 7) is 8.98. The van der Waals surface area contributed by atoms with Crippen molar-refractivity contribution in [1.29, 1.82) is 0 Å². The Morgan fingerprint density at radius 3 is 2.65 bits per heavy atom. The first-order chi connectivity index (χ1) is 14.8. The van der Waals surface area contributed by atoms with Gasteiger partial charge in [-0.15, -0.1) is 0 Å². The molecule has 164 valence electrons. The average Bonchev–Trinajstić information content (AvgIpc) is 3.39. The molecule has 0 fully saturated rings. The highest BCUT2D eigenvalue weighted by atomic mass is 32.1. The number of hydrogen-bond donors (Lipinski definition) is 3. The van der Waals surface area contributed by atoms with Gasteiger partial charge < -0.3 is 20.6 Å². The molecule has 0 atom stereocenters. The third-order valence-electron chi connectivity index (χ3n) is 4.90. The van der Waals surface area contributed by atoms with E-state index in [2.05, 4.69) is 20.7 Å². The Morgan fingerprint density at radius 2 is 1.94 bits per heavy atom. The molecule has 0 spiro atoms. The van der Waals surface area contributed by atoms with Crippen LogP contribution in [0.3, 0.4) is 0 Å². The lowest BCUT2D eigenvalue weighted by molar-refractivity contribution is -0.131. The Hall–Kier alpha value is -3.40. The van der Waals surface area contributed by atoms with Gasteiger partial charge in [-0.25, -0.2) is 4.98 Å². The van der Waals surface area contributed by atoms with E-state index in [9.17, 15) is 14.7 Å². The number of amides is 2. The van der Waals surface area contributed by atoms with E-state index in [1.165, 1.54) is 17.5 Å². The lowest BCUT2D eigenvalue weighted by Gasteiger charge is -2.18. The second-order valence-corrected chi connectivity index (χ2v) is 8.01. The summed E-state index contributed by atoms with van der Waals surface area (Å²) >= 11 is 1.19. The van der Waals surface area contributed by atoms with Crippen LogP contribution in [0.2, 0.25) is 0 Å². The van der Waals surface area contributed by atoms with E-state index >= 15 is 0 Å². The predicted molar refractivity (Wildman–Crippen MR) is 121 cm³/mol. The fourth-order valence-corrected chi connectivity index (χ4v) is 3.80. The molecule has 1 aromatic carbocycles. The normalized spacial score (nSPS) is 10.7. The minimum atomic E-state index is -0.308. The molecule has 0 saturated carbocycles. The summed E-state index contributed by atoms with van der Waals surface area (Å²) in [5, 5.41) is 20.6. The second-order valence-electron chi connectivity index (χ2n) is 6.97. The molecule has 3 aromatic rings. The van der Waals surface area contributed by atoms with E-state index in [1.807, 2.05) is 20.8 Å². The van der Waals surface area contributed by atoms with E-state index in [0.717, 1.165) is 5.56 Å². The van der Waals surface area contributed by atoms with Gasteiger partial charge in [0.1, 0.15) is 17.2 Å². The van der Waals surface area contributed by atoms with Crippen molar-refractivity contribution in [1.82, 2.24) is 19.7 Å². The van der Waals surface area contributed by atoms with Gasteiger partial charge in [0.05, 0.1) is 11.9 Å². The number of carbonyl (C=O) groups is 2. The van der Waals surface area contributed by atoms with Gasteiger partial charge in [0, 0.05) is 30.9 Å². The molecular formula is C21H26N6O3S. The fraction of sp³-hybridized carbons (Fsp3) is 0.333. The molecule has 0 bridgehead atoms. The number of aromatic nitrogens is 3. The number of rotatable bonds is 8. The molecule has 31 heavy (non-hydrogen) atoms. The largest absolute Gasteiger partial charge is 0.508 e. The molecule has 2 aromatic heterocycles. The van der Waals surface area contributed by atoms with Crippen LogP contribution in [0.15, 0.2) is 30.6 Å². The number of nitrogens with zero attached hydrogens (tertiary/aromatic N) is 4. The maximum atomic E-state index is 12.6. The van der Waals surface area contributed by atoms with Crippen LogP contribution < -0.4 is 10.6 Å². The first-order valence-electron chi connectivity index (χ1n) is 9.97. The Kier molecular flexibility index (Phi) is 6.91. The number of hydrogen-bond acceptors (Lipinski definition) is 7. The lowest BCUT2D eigenvalue weighted by Crippen LogP contribution is -2.33. The summed E-state index contributed by atoms with van der Waals surface area (Å²) in [6, 6.07) is 5.10. The Labute approximate surface area is 184 Å². The Balaban J connectivity index is 1.64. The predicted octanol–water partition coefficient (Wildman–Crippen LogP) is 3.53. The molecule has 10 heteroatoms. The highest BCUT2D eigenvalue weighted by molar-refractivity contribution is 7.17. The van der Waals surface area contributed by atoms with Crippen molar-refractivity contribution >= 4 is 39.8 Å². The van der Waals surface area contributed by atoms with Gasteiger partial charge in [0.25, 0.3) is 5.91 Å². The van der Waals surface area contributed by atoms with Crippen LogP contribution in [-0.4, -0.2) is 49.7 Å². The van der Waals surface area contributed by atoms with Crippen LogP contribution in [0.25, 0.3) is 0 Å². The zero-order chi connectivity index (χ0) is 22.5. The minimum Gasteiger partial charge on any atom is -0.508 e. The number of phenolic OH excluding ortho intramolecular Hbond substituents is 1. The number of benzene rings is 1. The maximum Gasteiger partial charge on any atom is 0.267 e. The Bertz CT molecular complexity index is 1090. The first kappa shape index (κ1) is 22.3. The number of likely N-dealkylation sites (N-methyl/N-ethyl adjacent to an activating group) is 1. The van der Waals surface area contributed by atoms with Crippen molar-refractivity contribution in [2.45, 2.75) is 34.2 Å². The number of phenols is 1. The van der Waals surface area contributed by atoms with E-state index in [-0.39, 0.29) is 24.1 Å². The van der Waals surface area contributed by atoms with Gasteiger partial charge in [-0.2, -0.15) is 5.10 Å². The third kappa shape index (κ3) is 5.21. The van der Waals surface area contributed by atoms with Gasteiger partial charge in [0.2, 0.25) is 5.91 Å². The van der Waals surface area contributed by atoms with Crippen LogP contribution in [0.4, 0.5) is 16.6 Å². The molecule has 0 saturated heterocycles.